The molecule has 1 aliphatic rings. The maximum Gasteiger partial charge on any atom is 0.317 e. The minimum atomic E-state index is 0.0631. The van der Waals surface area contributed by atoms with Crippen LogP contribution >= 0.6 is 11.3 Å². The Morgan fingerprint density at radius 2 is 2.16 bits per heavy atom. The van der Waals surface area contributed by atoms with Crippen molar-refractivity contribution >= 4 is 17.4 Å². The molecule has 2 amide bonds. The van der Waals surface area contributed by atoms with E-state index in [1.807, 2.05) is 19.0 Å². The van der Waals surface area contributed by atoms with Crippen LogP contribution in [-0.2, 0) is 6.54 Å². The molecule has 1 saturated heterocycles. The number of thiophene rings is 1. The second-order valence-corrected chi connectivity index (χ2v) is 8.40. The normalized spacial score (nSPS) is 18.5. The smallest absolute Gasteiger partial charge is 0.317 e. The molecule has 2 rings (SSSR count). The summed E-state index contributed by atoms with van der Waals surface area (Å²) in [5, 5.41) is 5.26. The van der Waals surface area contributed by atoms with Gasteiger partial charge >= 0.3 is 6.03 Å². The van der Waals surface area contributed by atoms with Crippen LogP contribution in [0, 0.1) is 6.92 Å². The lowest BCUT2D eigenvalue weighted by Gasteiger charge is -2.32. The van der Waals surface area contributed by atoms with Crippen molar-refractivity contribution in [2.45, 2.75) is 45.2 Å². The number of carbonyl (C=O) groups is 1. The Balaban J connectivity index is 1.84. The second kappa shape index (κ2) is 10.1. The zero-order valence-electron chi connectivity index (χ0n) is 16.3. The van der Waals surface area contributed by atoms with Crippen molar-refractivity contribution in [3.8, 4) is 0 Å². The van der Waals surface area contributed by atoms with E-state index in [4.69, 9.17) is 0 Å². The number of hydrogen-bond donors (Lipinski definition) is 1. The summed E-state index contributed by atoms with van der Waals surface area (Å²) >= 11 is 1.73. The molecule has 6 heteroatoms. The van der Waals surface area contributed by atoms with Crippen molar-refractivity contribution in [3.63, 3.8) is 0 Å². The lowest BCUT2D eigenvalue weighted by molar-refractivity contribution is 0.169. The second-order valence-electron chi connectivity index (χ2n) is 7.40. The van der Waals surface area contributed by atoms with Gasteiger partial charge in [0, 0.05) is 30.6 Å². The third-order valence-electron chi connectivity index (χ3n) is 5.08. The van der Waals surface area contributed by atoms with Gasteiger partial charge in [-0.2, -0.15) is 0 Å². The molecule has 25 heavy (non-hydrogen) atoms. The van der Waals surface area contributed by atoms with E-state index >= 15 is 0 Å². The van der Waals surface area contributed by atoms with Gasteiger partial charge in [-0.05, 0) is 70.9 Å². The summed E-state index contributed by atoms with van der Waals surface area (Å²) in [5.74, 6) is 0. The highest BCUT2D eigenvalue weighted by Gasteiger charge is 2.20. The van der Waals surface area contributed by atoms with Gasteiger partial charge in [0.15, 0.2) is 0 Å². The summed E-state index contributed by atoms with van der Waals surface area (Å²) < 4.78 is 0. The average Bonchev–Trinajstić information content (AvgIpc) is 2.97. The molecule has 1 N–H and O–H groups in total. The van der Waals surface area contributed by atoms with Crippen LogP contribution in [0.25, 0.3) is 0 Å². The first-order valence-electron chi connectivity index (χ1n) is 9.38. The highest BCUT2D eigenvalue weighted by Crippen LogP contribution is 2.19. The number of likely N-dealkylation sites (N-methyl/N-ethyl adjacent to an activating group) is 1. The van der Waals surface area contributed by atoms with Gasteiger partial charge < -0.3 is 20.0 Å². The summed E-state index contributed by atoms with van der Waals surface area (Å²) in [5.41, 5.74) is 1.27. The predicted molar refractivity (Wildman–Crippen MR) is 106 cm³/mol. The van der Waals surface area contributed by atoms with E-state index in [1.165, 1.54) is 36.2 Å². The monoisotopic (exact) mass is 366 g/mol. The molecule has 1 fully saturated rings. The molecule has 0 spiro atoms. The summed E-state index contributed by atoms with van der Waals surface area (Å²) in [6.07, 6.45) is 4.92. The number of hydrogen-bond acceptors (Lipinski definition) is 4. The summed E-state index contributed by atoms with van der Waals surface area (Å²) in [6, 6.07) is 2.80. The van der Waals surface area contributed by atoms with Gasteiger partial charge in [-0.1, -0.05) is 6.42 Å². The van der Waals surface area contributed by atoms with Crippen molar-refractivity contribution in [3.05, 3.63) is 21.9 Å². The Kier molecular flexibility index (Phi) is 8.19. The molecule has 0 radical (unpaired) electrons. The van der Waals surface area contributed by atoms with Crippen LogP contribution in [0.2, 0.25) is 0 Å². The quantitative estimate of drug-likeness (QED) is 0.769. The summed E-state index contributed by atoms with van der Waals surface area (Å²) in [7, 11) is 6.30. The number of likely N-dealkylation sites (tertiary alicyclic amines) is 1. The van der Waals surface area contributed by atoms with Crippen LogP contribution in [0.3, 0.4) is 0 Å². The van der Waals surface area contributed by atoms with E-state index in [-0.39, 0.29) is 6.03 Å². The topological polar surface area (TPSA) is 38.8 Å². The molecule has 1 aromatic rings. The number of aryl methyl sites for hydroxylation is 1. The average molecular weight is 367 g/mol. The Morgan fingerprint density at radius 1 is 1.36 bits per heavy atom. The van der Waals surface area contributed by atoms with Crippen molar-refractivity contribution in [2.75, 3.05) is 47.3 Å². The molecule has 0 saturated carbocycles. The number of piperidine rings is 1. The standard InChI is InChI=1S/C19H34N4OS/c1-16-9-14-25-18(16)15-23(13-12-21(2)3)19(24)20-10-8-17-7-5-6-11-22(17)4/h9,14,17H,5-8,10-13,15H2,1-4H3,(H,20,24)/t17-/m0/s1. The van der Waals surface area contributed by atoms with Gasteiger partial charge in [0.1, 0.15) is 0 Å². The van der Waals surface area contributed by atoms with E-state index < -0.39 is 0 Å². The highest BCUT2D eigenvalue weighted by atomic mass is 32.1. The molecule has 0 unspecified atom stereocenters. The Bertz CT molecular complexity index is 531. The largest absolute Gasteiger partial charge is 0.338 e. The Labute approximate surface area is 157 Å². The third kappa shape index (κ3) is 6.60. The molecule has 142 valence electrons. The first kappa shape index (κ1) is 20.2. The van der Waals surface area contributed by atoms with Gasteiger partial charge in [-0.3, -0.25) is 0 Å². The lowest BCUT2D eigenvalue weighted by Crippen LogP contribution is -2.44. The zero-order valence-corrected chi connectivity index (χ0v) is 17.1. The number of nitrogens with one attached hydrogen (secondary N) is 1. The van der Waals surface area contributed by atoms with E-state index in [2.05, 4.69) is 40.5 Å². The number of urea groups is 1. The first-order chi connectivity index (χ1) is 12.0. The number of amides is 2. The number of rotatable bonds is 8. The number of carbonyl (C=O) groups excluding carboxylic acids is 1. The lowest BCUT2D eigenvalue weighted by atomic mass is 10.0. The molecule has 2 heterocycles. The minimum Gasteiger partial charge on any atom is -0.338 e. The Hall–Kier alpha value is -1.11. The van der Waals surface area contributed by atoms with Crippen molar-refractivity contribution in [1.82, 2.24) is 20.0 Å². The zero-order chi connectivity index (χ0) is 18.2. The van der Waals surface area contributed by atoms with Crippen molar-refractivity contribution in [1.29, 1.82) is 0 Å². The molecule has 0 aliphatic carbocycles. The van der Waals surface area contributed by atoms with Gasteiger partial charge in [0.05, 0.1) is 6.54 Å². The van der Waals surface area contributed by atoms with Crippen LogP contribution in [0.5, 0.6) is 0 Å². The molecule has 0 bridgehead atoms. The molecular weight excluding hydrogens is 332 g/mol. The first-order valence-corrected chi connectivity index (χ1v) is 10.3. The molecule has 5 nitrogen and oxygen atoms in total. The maximum atomic E-state index is 12.7. The maximum absolute atomic E-state index is 12.7. The van der Waals surface area contributed by atoms with Crippen molar-refractivity contribution in [2.24, 2.45) is 0 Å². The van der Waals surface area contributed by atoms with Gasteiger partial charge in [0.25, 0.3) is 0 Å². The van der Waals surface area contributed by atoms with Crippen LogP contribution in [0.4, 0.5) is 4.79 Å². The van der Waals surface area contributed by atoms with Gasteiger partial charge in [-0.15, -0.1) is 11.3 Å². The Morgan fingerprint density at radius 3 is 2.80 bits per heavy atom. The third-order valence-corrected chi connectivity index (χ3v) is 6.09. The van der Waals surface area contributed by atoms with Gasteiger partial charge in [0.2, 0.25) is 0 Å². The van der Waals surface area contributed by atoms with Crippen LogP contribution < -0.4 is 5.32 Å². The predicted octanol–water partition coefficient (Wildman–Crippen LogP) is 3.00. The van der Waals surface area contributed by atoms with E-state index in [0.29, 0.717) is 12.6 Å². The van der Waals surface area contributed by atoms with Crippen LogP contribution in [0.15, 0.2) is 11.4 Å². The van der Waals surface area contributed by atoms with Crippen molar-refractivity contribution < 1.29 is 4.79 Å². The summed E-state index contributed by atoms with van der Waals surface area (Å²) in [6.45, 7) is 6.39. The molecule has 1 aromatic heterocycles. The molecule has 1 atom stereocenters. The number of nitrogens with zero attached hydrogens (tertiary/aromatic N) is 3. The summed E-state index contributed by atoms with van der Waals surface area (Å²) in [4.78, 5) is 20.5. The molecule has 0 aromatic carbocycles. The SMILES string of the molecule is Cc1ccsc1CN(CCN(C)C)C(=O)NCC[C@@H]1CCCCN1C. The highest BCUT2D eigenvalue weighted by molar-refractivity contribution is 7.10. The van der Waals surface area contributed by atoms with Crippen LogP contribution in [-0.4, -0.2) is 74.1 Å². The van der Waals surface area contributed by atoms with Crippen LogP contribution in [0.1, 0.15) is 36.1 Å². The fourth-order valence-corrected chi connectivity index (χ4v) is 4.20. The minimum absolute atomic E-state index is 0.0631. The molecular formula is C19H34N4OS. The fourth-order valence-electron chi connectivity index (χ4n) is 3.28. The van der Waals surface area contributed by atoms with Gasteiger partial charge in [-0.25, -0.2) is 4.79 Å². The van der Waals surface area contributed by atoms with E-state index in [1.54, 1.807) is 11.3 Å². The van der Waals surface area contributed by atoms with E-state index in [0.717, 1.165) is 26.1 Å². The fraction of sp³-hybridized carbons (Fsp3) is 0.737. The van der Waals surface area contributed by atoms with E-state index in [9.17, 15) is 4.79 Å². The molecule has 1 aliphatic heterocycles.